The minimum atomic E-state index is -0.235. The van der Waals surface area contributed by atoms with Gasteiger partial charge >= 0.3 is 0 Å². The monoisotopic (exact) mass is 270 g/mol. The molecular formula is C17H19FN2. The maximum absolute atomic E-state index is 13.3. The van der Waals surface area contributed by atoms with E-state index in [1.807, 2.05) is 12.1 Å². The fourth-order valence-electron chi connectivity index (χ4n) is 2.64. The molecule has 0 saturated heterocycles. The molecule has 2 nitrogen and oxygen atoms in total. The van der Waals surface area contributed by atoms with Crippen LogP contribution < -0.4 is 11.1 Å². The molecule has 104 valence electrons. The van der Waals surface area contributed by atoms with E-state index >= 15 is 0 Å². The van der Waals surface area contributed by atoms with Crippen molar-refractivity contribution in [3.05, 3.63) is 65.5 Å². The standard InChI is InChI=1S/C17H19FN2/c18-13-4-3-5-14(10-13)20-17(11-19)16-7-2-1-6-15(16)12-8-9-12/h1-7,10,12,17,20H,8-9,11,19H2. The van der Waals surface area contributed by atoms with E-state index < -0.39 is 0 Å². The second kappa shape index (κ2) is 5.63. The highest BCUT2D eigenvalue weighted by Crippen LogP contribution is 2.43. The third-order valence-electron chi connectivity index (χ3n) is 3.79. The predicted octanol–water partition coefficient (Wildman–Crippen LogP) is 3.82. The lowest BCUT2D eigenvalue weighted by molar-refractivity contribution is 0.627. The first kappa shape index (κ1) is 13.1. The number of nitrogens with two attached hydrogens (primary N) is 1. The van der Waals surface area contributed by atoms with E-state index in [2.05, 4.69) is 23.5 Å². The summed E-state index contributed by atoms with van der Waals surface area (Å²) >= 11 is 0. The molecule has 0 radical (unpaired) electrons. The van der Waals surface area contributed by atoms with Gasteiger partial charge in [0.25, 0.3) is 0 Å². The topological polar surface area (TPSA) is 38.0 Å². The molecule has 3 N–H and O–H groups in total. The van der Waals surface area contributed by atoms with Gasteiger partial charge in [0.15, 0.2) is 0 Å². The highest BCUT2D eigenvalue weighted by atomic mass is 19.1. The third-order valence-corrected chi connectivity index (χ3v) is 3.79. The summed E-state index contributed by atoms with van der Waals surface area (Å²) in [7, 11) is 0. The Morgan fingerprint density at radius 3 is 2.65 bits per heavy atom. The van der Waals surface area contributed by atoms with Crippen LogP contribution in [0.2, 0.25) is 0 Å². The molecule has 1 fully saturated rings. The van der Waals surface area contributed by atoms with Crippen molar-refractivity contribution >= 4 is 5.69 Å². The minimum Gasteiger partial charge on any atom is -0.377 e. The Morgan fingerprint density at radius 2 is 1.95 bits per heavy atom. The van der Waals surface area contributed by atoms with Crippen molar-refractivity contribution in [1.29, 1.82) is 0 Å². The molecule has 0 amide bonds. The van der Waals surface area contributed by atoms with Crippen molar-refractivity contribution in [3.63, 3.8) is 0 Å². The number of benzene rings is 2. The van der Waals surface area contributed by atoms with E-state index in [9.17, 15) is 4.39 Å². The maximum Gasteiger partial charge on any atom is 0.125 e. The molecule has 3 rings (SSSR count). The van der Waals surface area contributed by atoms with Crippen molar-refractivity contribution in [2.24, 2.45) is 5.73 Å². The molecule has 0 bridgehead atoms. The SMILES string of the molecule is NCC(Nc1cccc(F)c1)c1ccccc1C1CC1. The minimum absolute atomic E-state index is 0.0219. The van der Waals surface area contributed by atoms with E-state index in [-0.39, 0.29) is 11.9 Å². The molecule has 1 aliphatic rings. The first-order valence-corrected chi connectivity index (χ1v) is 7.09. The average molecular weight is 270 g/mol. The summed E-state index contributed by atoms with van der Waals surface area (Å²) < 4.78 is 13.3. The van der Waals surface area contributed by atoms with Crippen molar-refractivity contribution in [1.82, 2.24) is 0 Å². The van der Waals surface area contributed by atoms with E-state index in [1.165, 1.54) is 36.1 Å². The summed E-state index contributed by atoms with van der Waals surface area (Å²) in [6.45, 7) is 0.486. The van der Waals surface area contributed by atoms with Crippen LogP contribution in [0.1, 0.15) is 35.9 Å². The molecule has 0 heterocycles. The van der Waals surface area contributed by atoms with Gasteiger partial charge in [-0.2, -0.15) is 0 Å². The van der Waals surface area contributed by atoms with Crippen LogP contribution in [-0.4, -0.2) is 6.54 Å². The Labute approximate surface area is 118 Å². The van der Waals surface area contributed by atoms with Gasteiger partial charge < -0.3 is 11.1 Å². The summed E-state index contributed by atoms with van der Waals surface area (Å²) in [5.74, 6) is 0.441. The molecule has 1 unspecified atom stereocenters. The zero-order valence-electron chi connectivity index (χ0n) is 11.4. The molecule has 0 aliphatic heterocycles. The van der Waals surface area contributed by atoms with Gasteiger partial charge in [-0.15, -0.1) is 0 Å². The molecule has 0 spiro atoms. The first-order chi connectivity index (χ1) is 9.78. The summed E-state index contributed by atoms with van der Waals surface area (Å²) in [4.78, 5) is 0. The van der Waals surface area contributed by atoms with Crippen LogP contribution in [0, 0.1) is 5.82 Å². The Morgan fingerprint density at radius 1 is 1.15 bits per heavy atom. The number of halogens is 1. The molecule has 3 heteroatoms. The molecule has 20 heavy (non-hydrogen) atoms. The molecular weight excluding hydrogens is 251 g/mol. The van der Waals surface area contributed by atoms with Gasteiger partial charge in [0.05, 0.1) is 6.04 Å². The average Bonchev–Trinajstić information content (AvgIpc) is 3.29. The lowest BCUT2D eigenvalue weighted by Gasteiger charge is -2.21. The fourth-order valence-corrected chi connectivity index (χ4v) is 2.64. The van der Waals surface area contributed by atoms with Crippen LogP contribution in [0.25, 0.3) is 0 Å². The number of hydrogen-bond acceptors (Lipinski definition) is 2. The molecule has 0 aromatic heterocycles. The number of hydrogen-bond donors (Lipinski definition) is 2. The Bertz CT molecular complexity index is 593. The number of anilines is 1. The smallest absolute Gasteiger partial charge is 0.125 e. The summed E-state index contributed by atoms with van der Waals surface area (Å²) in [5.41, 5.74) is 9.31. The van der Waals surface area contributed by atoms with Gasteiger partial charge in [-0.25, -0.2) is 4.39 Å². The fraction of sp³-hybridized carbons (Fsp3) is 0.294. The molecule has 1 saturated carbocycles. The summed E-state index contributed by atoms with van der Waals surface area (Å²) in [6.07, 6.45) is 2.52. The van der Waals surface area contributed by atoms with Crippen LogP contribution in [0.15, 0.2) is 48.5 Å². The third kappa shape index (κ3) is 2.83. The summed E-state index contributed by atoms with van der Waals surface area (Å²) in [6, 6.07) is 15.0. The Kier molecular flexibility index (Phi) is 3.70. The summed E-state index contributed by atoms with van der Waals surface area (Å²) in [5, 5.41) is 3.34. The van der Waals surface area contributed by atoms with E-state index in [1.54, 1.807) is 6.07 Å². The largest absolute Gasteiger partial charge is 0.377 e. The van der Waals surface area contributed by atoms with Crippen LogP contribution in [-0.2, 0) is 0 Å². The number of nitrogens with one attached hydrogen (secondary N) is 1. The van der Waals surface area contributed by atoms with Crippen LogP contribution in [0.3, 0.4) is 0 Å². The lowest BCUT2D eigenvalue weighted by Crippen LogP contribution is -2.21. The van der Waals surface area contributed by atoms with Crippen molar-refractivity contribution < 1.29 is 4.39 Å². The van der Waals surface area contributed by atoms with E-state index in [0.29, 0.717) is 12.5 Å². The molecule has 2 aromatic carbocycles. The predicted molar refractivity (Wildman–Crippen MR) is 80.2 cm³/mol. The first-order valence-electron chi connectivity index (χ1n) is 7.09. The van der Waals surface area contributed by atoms with Gasteiger partial charge in [-0.05, 0) is 48.1 Å². The highest BCUT2D eigenvalue weighted by molar-refractivity contribution is 5.47. The quantitative estimate of drug-likeness (QED) is 0.867. The molecule has 1 atom stereocenters. The zero-order valence-corrected chi connectivity index (χ0v) is 11.4. The van der Waals surface area contributed by atoms with Gasteiger partial charge in [0.2, 0.25) is 0 Å². The normalized spacial score (nSPS) is 15.9. The van der Waals surface area contributed by atoms with E-state index in [0.717, 1.165) is 5.69 Å². The van der Waals surface area contributed by atoms with Gasteiger partial charge in [-0.1, -0.05) is 30.3 Å². The Hall–Kier alpha value is -1.87. The highest BCUT2D eigenvalue weighted by Gasteiger charge is 2.27. The van der Waals surface area contributed by atoms with Crippen LogP contribution in [0.5, 0.6) is 0 Å². The lowest BCUT2D eigenvalue weighted by atomic mass is 9.97. The second-order valence-corrected chi connectivity index (χ2v) is 5.35. The van der Waals surface area contributed by atoms with E-state index in [4.69, 9.17) is 5.73 Å². The number of rotatable bonds is 5. The van der Waals surface area contributed by atoms with Crippen molar-refractivity contribution in [2.75, 3.05) is 11.9 Å². The Balaban J connectivity index is 1.86. The van der Waals surface area contributed by atoms with Gasteiger partial charge in [-0.3, -0.25) is 0 Å². The molecule has 1 aliphatic carbocycles. The molecule has 2 aromatic rings. The zero-order chi connectivity index (χ0) is 13.9. The van der Waals surface area contributed by atoms with Crippen molar-refractivity contribution in [3.8, 4) is 0 Å². The van der Waals surface area contributed by atoms with Crippen LogP contribution in [0.4, 0.5) is 10.1 Å². The second-order valence-electron chi connectivity index (χ2n) is 5.35. The van der Waals surface area contributed by atoms with Gasteiger partial charge in [0.1, 0.15) is 5.82 Å². The van der Waals surface area contributed by atoms with Gasteiger partial charge in [0, 0.05) is 12.2 Å². The van der Waals surface area contributed by atoms with Crippen LogP contribution >= 0.6 is 0 Å². The van der Waals surface area contributed by atoms with Crippen molar-refractivity contribution in [2.45, 2.75) is 24.8 Å². The maximum atomic E-state index is 13.3.